The third-order valence-electron chi connectivity index (χ3n) is 4.92. The van der Waals surface area contributed by atoms with Crippen molar-refractivity contribution in [3.8, 4) is 0 Å². The molecule has 2 N–H and O–H groups in total. The van der Waals surface area contributed by atoms with Gasteiger partial charge in [0.1, 0.15) is 0 Å². The number of morpholine rings is 1. The highest BCUT2D eigenvalue weighted by atomic mass is 16.6. The summed E-state index contributed by atoms with van der Waals surface area (Å²) >= 11 is 0. The summed E-state index contributed by atoms with van der Waals surface area (Å²) in [5.41, 5.74) is 1.82. The molecule has 1 aliphatic rings. The van der Waals surface area contributed by atoms with Gasteiger partial charge in [0.2, 0.25) is 0 Å². The van der Waals surface area contributed by atoms with E-state index in [4.69, 9.17) is 4.74 Å². The minimum absolute atomic E-state index is 0.0178. The largest absolute Gasteiger partial charge is 0.371 e. The Labute approximate surface area is 174 Å². The van der Waals surface area contributed by atoms with Crippen LogP contribution in [-0.4, -0.2) is 54.4 Å². The maximum atomic E-state index is 12.1. The quantitative estimate of drug-likeness (QED) is 0.426. The Balaban J connectivity index is 1.47. The highest BCUT2D eigenvalue weighted by molar-refractivity contribution is 6.39. The highest BCUT2D eigenvalue weighted by Crippen LogP contribution is 2.22. The maximum absolute atomic E-state index is 12.1. The minimum atomic E-state index is -0.859. The van der Waals surface area contributed by atoms with Crippen LogP contribution in [0, 0.1) is 17.0 Å². The van der Waals surface area contributed by atoms with Gasteiger partial charge in [-0.15, -0.1) is 0 Å². The van der Waals surface area contributed by atoms with Gasteiger partial charge in [0.05, 0.1) is 23.3 Å². The molecule has 0 spiro atoms. The standard InChI is InChI=1S/C21H24N4O5/c1-15-7-8-17(25(28)29)13-18(15)23-21(27)20(26)22-9-10-24-11-12-30-19(14-24)16-5-3-2-4-6-16/h2-8,13,19H,9-12,14H2,1H3,(H,22,26)(H,23,27). The second kappa shape index (κ2) is 9.95. The Morgan fingerprint density at radius 3 is 2.70 bits per heavy atom. The first-order valence-electron chi connectivity index (χ1n) is 9.67. The van der Waals surface area contributed by atoms with Crippen molar-refractivity contribution in [2.45, 2.75) is 13.0 Å². The van der Waals surface area contributed by atoms with E-state index in [0.717, 1.165) is 12.1 Å². The van der Waals surface area contributed by atoms with Gasteiger partial charge in [-0.05, 0) is 18.1 Å². The molecular formula is C21H24N4O5. The molecule has 1 unspecified atom stereocenters. The Morgan fingerprint density at radius 2 is 1.97 bits per heavy atom. The van der Waals surface area contributed by atoms with Crippen LogP contribution in [0.5, 0.6) is 0 Å². The molecule has 0 saturated carbocycles. The number of aryl methyl sites for hydroxylation is 1. The fourth-order valence-corrected chi connectivity index (χ4v) is 3.22. The zero-order valence-electron chi connectivity index (χ0n) is 16.7. The number of nitro groups is 1. The van der Waals surface area contributed by atoms with Gasteiger partial charge in [-0.2, -0.15) is 0 Å². The first-order chi connectivity index (χ1) is 14.4. The molecule has 3 rings (SSSR count). The summed E-state index contributed by atoms with van der Waals surface area (Å²) in [6.07, 6.45) is -0.0178. The molecule has 9 nitrogen and oxygen atoms in total. The molecular weight excluding hydrogens is 388 g/mol. The number of carbonyl (C=O) groups excluding carboxylic acids is 2. The molecule has 1 saturated heterocycles. The third-order valence-corrected chi connectivity index (χ3v) is 4.92. The Kier molecular flexibility index (Phi) is 7.10. The zero-order chi connectivity index (χ0) is 21.5. The second-order valence-corrected chi connectivity index (χ2v) is 7.04. The molecule has 2 aromatic rings. The van der Waals surface area contributed by atoms with Gasteiger partial charge in [0.15, 0.2) is 0 Å². The van der Waals surface area contributed by atoms with Crippen molar-refractivity contribution >= 4 is 23.2 Å². The van der Waals surface area contributed by atoms with Gasteiger partial charge < -0.3 is 15.4 Å². The Bertz CT molecular complexity index is 919. The number of nitrogens with zero attached hydrogens (tertiary/aromatic N) is 2. The van der Waals surface area contributed by atoms with E-state index < -0.39 is 16.7 Å². The van der Waals surface area contributed by atoms with Gasteiger partial charge in [0, 0.05) is 38.3 Å². The van der Waals surface area contributed by atoms with Gasteiger partial charge in [-0.1, -0.05) is 36.4 Å². The SMILES string of the molecule is Cc1ccc([N+](=O)[O-])cc1NC(=O)C(=O)NCCN1CCOC(c2ccccc2)C1. The van der Waals surface area contributed by atoms with Crippen molar-refractivity contribution in [1.82, 2.24) is 10.2 Å². The van der Waals surface area contributed by atoms with Crippen molar-refractivity contribution in [2.24, 2.45) is 0 Å². The van der Waals surface area contributed by atoms with Crippen molar-refractivity contribution in [1.29, 1.82) is 0 Å². The van der Waals surface area contributed by atoms with Crippen LogP contribution in [0.15, 0.2) is 48.5 Å². The average Bonchev–Trinajstić information content (AvgIpc) is 2.75. The molecule has 1 aliphatic heterocycles. The number of rotatable bonds is 6. The molecule has 2 amide bonds. The van der Waals surface area contributed by atoms with Gasteiger partial charge >= 0.3 is 11.8 Å². The van der Waals surface area contributed by atoms with Gasteiger partial charge in [-0.3, -0.25) is 24.6 Å². The van der Waals surface area contributed by atoms with E-state index in [2.05, 4.69) is 15.5 Å². The molecule has 0 aromatic heterocycles. The zero-order valence-corrected chi connectivity index (χ0v) is 16.7. The predicted octanol–water partition coefficient (Wildman–Crippen LogP) is 2.03. The molecule has 1 fully saturated rings. The lowest BCUT2D eigenvalue weighted by atomic mass is 10.1. The molecule has 0 aliphatic carbocycles. The number of non-ortho nitro benzene ring substituents is 1. The first-order valence-corrected chi connectivity index (χ1v) is 9.67. The Morgan fingerprint density at radius 1 is 1.20 bits per heavy atom. The number of hydrogen-bond acceptors (Lipinski definition) is 6. The van der Waals surface area contributed by atoms with E-state index in [1.54, 1.807) is 6.92 Å². The van der Waals surface area contributed by atoms with Crippen molar-refractivity contribution in [2.75, 3.05) is 38.1 Å². The highest BCUT2D eigenvalue weighted by Gasteiger charge is 2.22. The monoisotopic (exact) mass is 412 g/mol. The molecule has 9 heteroatoms. The van der Waals surface area contributed by atoms with E-state index in [-0.39, 0.29) is 17.5 Å². The van der Waals surface area contributed by atoms with Crippen LogP contribution in [0.25, 0.3) is 0 Å². The summed E-state index contributed by atoms with van der Waals surface area (Å²) < 4.78 is 5.82. The van der Waals surface area contributed by atoms with Crippen LogP contribution in [0.3, 0.4) is 0 Å². The van der Waals surface area contributed by atoms with Crippen LogP contribution in [0.1, 0.15) is 17.2 Å². The topological polar surface area (TPSA) is 114 Å². The fourth-order valence-electron chi connectivity index (χ4n) is 3.22. The van der Waals surface area contributed by atoms with Crippen molar-refractivity contribution < 1.29 is 19.2 Å². The first kappa shape index (κ1) is 21.4. The van der Waals surface area contributed by atoms with Crippen LogP contribution in [0.2, 0.25) is 0 Å². The summed E-state index contributed by atoms with van der Waals surface area (Å²) in [6.45, 7) is 4.64. The molecule has 2 aromatic carbocycles. The Hall–Kier alpha value is -3.30. The summed E-state index contributed by atoms with van der Waals surface area (Å²) in [5, 5.41) is 15.9. The molecule has 0 bridgehead atoms. The van der Waals surface area contributed by atoms with E-state index in [1.807, 2.05) is 30.3 Å². The molecule has 0 radical (unpaired) electrons. The number of hydrogen-bond donors (Lipinski definition) is 2. The van der Waals surface area contributed by atoms with Crippen molar-refractivity contribution in [3.05, 3.63) is 69.8 Å². The summed E-state index contributed by atoms with van der Waals surface area (Å²) in [4.78, 5) is 36.7. The van der Waals surface area contributed by atoms with Crippen LogP contribution in [0.4, 0.5) is 11.4 Å². The number of ether oxygens (including phenoxy) is 1. The third kappa shape index (κ3) is 5.62. The minimum Gasteiger partial charge on any atom is -0.371 e. The predicted molar refractivity (Wildman–Crippen MR) is 111 cm³/mol. The van der Waals surface area contributed by atoms with E-state index in [1.165, 1.54) is 18.2 Å². The molecule has 158 valence electrons. The lowest BCUT2D eigenvalue weighted by Crippen LogP contribution is -2.44. The average molecular weight is 412 g/mol. The lowest BCUT2D eigenvalue weighted by molar-refractivity contribution is -0.384. The van der Waals surface area contributed by atoms with Gasteiger partial charge in [0.25, 0.3) is 5.69 Å². The summed E-state index contributed by atoms with van der Waals surface area (Å²) in [6, 6.07) is 14.0. The maximum Gasteiger partial charge on any atom is 0.313 e. The van der Waals surface area contributed by atoms with E-state index in [0.29, 0.717) is 31.8 Å². The van der Waals surface area contributed by atoms with E-state index >= 15 is 0 Å². The molecule has 1 atom stereocenters. The molecule has 1 heterocycles. The van der Waals surface area contributed by atoms with Crippen molar-refractivity contribution in [3.63, 3.8) is 0 Å². The van der Waals surface area contributed by atoms with Crippen LogP contribution in [-0.2, 0) is 14.3 Å². The number of nitrogens with one attached hydrogen (secondary N) is 2. The second-order valence-electron chi connectivity index (χ2n) is 7.04. The number of amides is 2. The number of benzene rings is 2. The lowest BCUT2D eigenvalue weighted by Gasteiger charge is -2.33. The smallest absolute Gasteiger partial charge is 0.313 e. The van der Waals surface area contributed by atoms with Crippen LogP contribution >= 0.6 is 0 Å². The van der Waals surface area contributed by atoms with Gasteiger partial charge in [-0.25, -0.2) is 0 Å². The summed E-state index contributed by atoms with van der Waals surface area (Å²) in [7, 11) is 0. The normalized spacial score (nSPS) is 16.6. The number of nitro benzene ring substituents is 1. The number of carbonyl (C=O) groups is 2. The summed E-state index contributed by atoms with van der Waals surface area (Å²) in [5.74, 6) is -1.64. The molecule has 30 heavy (non-hydrogen) atoms. The number of anilines is 1. The van der Waals surface area contributed by atoms with E-state index in [9.17, 15) is 19.7 Å². The fraction of sp³-hybridized carbons (Fsp3) is 0.333. The van der Waals surface area contributed by atoms with Crippen LogP contribution < -0.4 is 10.6 Å².